The number of hydrogen-bond acceptors (Lipinski definition) is 7. The van der Waals surface area contributed by atoms with Crippen LogP contribution in [0.3, 0.4) is 0 Å². The van der Waals surface area contributed by atoms with E-state index in [2.05, 4.69) is 16.6 Å². The molecule has 1 aliphatic rings. The van der Waals surface area contributed by atoms with Crippen LogP contribution < -0.4 is 4.74 Å². The van der Waals surface area contributed by atoms with Crippen molar-refractivity contribution >= 4 is 34.9 Å². The quantitative estimate of drug-likeness (QED) is 0.228. The minimum atomic E-state index is -5.19. The fourth-order valence-corrected chi connectivity index (χ4v) is 5.46. The number of carbonyl (C=O) groups is 2. The summed E-state index contributed by atoms with van der Waals surface area (Å²) in [5, 5.41) is 1.34. The number of likely N-dealkylation sites (tertiary alicyclic amines) is 1. The summed E-state index contributed by atoms with van der Waals surface area (Å²) in [4.78, 5) is 30.3. The molecule has 2 aromatic carbocycles. The number of alkyl halides is 3. The molecule has 0 N–H and O–H groups in total. The summed E-state index contributed by atoms with van der Waals surface area (Å²) >= 11 is 7.96. The highest BCUT2D eigenvalue weighted by Crippen LogP contribution is 2.38. The van der Waals surface area contributed by atoms with Crippen LogP contribution in [-0.4, -0.2) is 47.2 Å². The highest BCUT2D eigenvalue weighted by atomic mass is 35.5. The SMILES string of the molecule is CCc1c(CN2CC(C(=O)OC(=O)C(F)(F)F)C2)cccc1-c1cnc(-c2ccc(OC(C)C)c(Cl)c2)s1. The van der Waals surface area contributed by atoms with E-state index in [-0.39, 0.29) is 19.2 Å². The van der Waals surface area contributed by atoms with Crippen molar-refractivity contribution < 1.29 is 32.2 Å². The molecule has 3 aromatic rings. The monoisotopic (exact) mass is 566 g/mol. The zero-order chi connectivity index (χ0) is 27.6. The summed E-state index contributed by atoms with van der Waals surface area (Å²) in [5.41, 5.74) is 4.11. The van der Waals surface area contributed by atoms with Gasteiger partial charge >= 0.3 is 18.1 Å². The first-order valence-electron chi connectivity index (χ1n) is 12.0. The molecule has 6 nitrogen and oxygen atoms in total. The number of ether oxygens (including phenoxy) is 2. The topological polar surface area (TPSA) is 68.7 Å². The molecule has 38 heavy (non-hydrogen) atoms. The maximum atomic E-state index is 12.3. The lowest BCUT2D eigenvalue weighted by molar-refractivity contribution is -0.204. The predicted octanol–water partition coefficient (Wildman–Crippen LogP) is 6.54. The van der Waals surface area contributed by atoms with Crippen molar-refractivity contribution in [1.82, 2.24) is 9.88 Å². The van der Waals surface area contributed by atoms with E-state index in [0.717, 1.165) is 38.6 Å². The molecule has 0 bridgehead atoms. The van der Waals surface area contributed by atoms with Gasteiger partial charge in [-0.05, 0) is 55.2 Å². The van der Waals surface area contributed by atoms with E-state index >= 15 is 0 Å². The molecule has 0 saturated carbocycles. The molecule has 0 radical (unpaired) electrons. The first-order valence-corrected chi connectivity index (χ1v) is 13.2. The summed E-state index contributed by atoms with van der Waals surface area (Å²) in [6, 6.07) is 11.6. The lowest BCUT2D eigenvalue weighted by atomic mass is 9.94. The van der Waals surface area contributed by atoms with Crippen LogP contribution in [0.1, 0.15) is 31.9 Å². The Bertz CT molecular complexity index is 1340. The molecule has 0 atom stereocenters. The second kappa shape index (κ2) is 11.4. The number of carbonyl (C=O) groups excluding carboxylic acids is 2. The normalized spacial score (nSPS) is 14.4. The summed E-state index contributed by atoms with van der Waals surface area (Å²) in [7, 11) is 0. The molecule has 0 unspecified atom stereocenters. The van der Waals surface area contributed by atoms with Gasteiger partial charge in [0, 0.05) is 31.4 Å². The third-order valence-corrected chi connectivity index (χ3v) is 7.42. The smallest absolute Gasteiger partial charge is 0.489 e. The van der Waals surface area contributed by atoms with Gasteiger partial charge in [-0.3, -0.25) is 9.69 Å². The highest BCUT2D eigenvalue weighted by Gasteiger charge is 2.45. The third-order valence-electron chi connectivity index (χ3n) is 6.05. The fraction of sp³-hybridized carbons (Fsp3) is 0.370. The Balaban J connectivity index is 1.45. The van der Waals surface area contributed by atoms with Crippen molar-refractivity contribution in [3.05, 3.63) is 58.7 Å². The number of hydrogen-bond donors (Lipinski definition) is 0. The van der Waals surface area contributed by atoms with Crippen LogP contribution in [0.25, 0.3) is 21.0 Å². The highest BCUT2D eigenvalue weighted by molar-refractivity contribution is 7.18. The van der Waals surface area contributed by atoms with Crippen LogP contribution in [0.2, 0.25) is 5.02 Å². The molecular weight excluding hydrogens is 541 g/mol. The molecular formula is C27H26ClF3N2O4S. The lowest BCUT2D eigenvalue weighted by Crippen LogP contribution is -2.51. The number of aromatic nitrogens is 1. The van der Waals surface area contributed by atoms with Crippen molar-refractivity contribution in [3.63, 3.8) is 0 Å². The maximum Gasteiger partial charge on any atom is 0.491 e. The zero-order valence-electron chi connectivity index (χ0n) is 21.0. The van der Waals surface area contributed by atoms with E-state index in [1.54, 1.807) is 11.3 Å². The number of thiazole rings is 1. The van der Waals surface area contributed by atoms with Gasteiger partial charge < -0.3 is 9.47 Å². The van der Waals surface area contributed by atoms with E-state index in [4.69, 9.17) is 16.3 Å². The molecule has 1 aromatic heterocycles. The number of benzene rings is 2. The van der Waals surface area contributed by atoms with Crippen LogP contribution in [0.15, 0.2) is 42.6 Å². The Hall–Kier alpha value is -2.95. The minimum absolute atomic E-state index is 0.0131. The van der Waals surface area contributed by atoms with E-state index in [1.807, 2.05) is 61.3 Å². The van der Waals surface area contributed by atoms with Gasteiger partial charge in [0.2, 0.25) is 0 Å². The number of rotatable bonds is 8. The average Bonchev–Trinajstić information content (AvgIpc) is 3.31. The standard InChI is InChI=1S/C27H26ClF3N2O4S/c1-4-19-17(12-33-13-18(14-33)25(34)37-26(35)27(29,30)31)6-5-7-20(19)23-11-32-24(38-23)16-8-9-22(21(28)10-16)36-15(2)3/h5-11,15,18H,4,12-14H2,1-3H3. The second-order valence-electron chi connectivity index (χ2n) is 9.24. The van der Waals surface area contributed by atoms with E-state index in [9.17, 15) is 22.8 Å². The van der Waals surface area contributed by atoms with Crippen molar-refractivity contribution in [3.8, 4) is 26.8 Å². The first-order chi connectivity index (χ1) is 18.0. The summed E-state index contributed by atoms with van der Waals surface area (Å²) in [5.74, 6) is -3.76. The predicted molar refractivity (Wildman–Crippen MR) is 139 cm³/mol. The van der Waals surface area contributed by atoms with Gasteiger partial charge in [-0.2, -0.15) is 13.2 Å². The largest absolute Gasteiger partial charge is 0.491 e. The van der Waals surface area contributed by atoms with E-state index in [0.29, 0.717) is 17.3 Å². The molecule has 1 fully saturated rings. The average molecular weight is 567 g/mol. The lowest BCUT2D eigenvalue weighted by Gasteiger charge is -2.37. The van der Waals surface area contributed by atoms with Crippen molar-refractivity contribution in [1.29, 1.82) is 0 Å². The fourth-order valence-electron chi connectivity index (χ4n) is 4.27. The number of halogens is 4. The molecule has 1 aliphatic heterocycles. The Morgan fingerprint density at radius 1 is 1.21 bits per heavy atom. The maximum absolute atomic E-state index is 12.3. The first kappa shape index (κ1) is 28.1. The summed E-state index contributed by atoms with van der Waals surface area (Å²) in [6.07, 6.45) is -2.59. The van der Waals surface area contributed by atoms with E-state index < -0.39 is 24.0 Å². The second-order valence-corrected chi connectivity index (χ2v) is 10.7. The number of nitrogens with zero attached hydrogens (tertiary/aromatic N) is 2. The van der Waals surface area contributed by atoms with Crippen LogP contribution >= 0.6 is 22.9 Å². The van der Waals surface area contributed by atoms with Gasteiger partial charge in [0.15, 0.2) is 0 Å². The zero-order valence-corrected chi connectivity index (χ0v) is 22.5. The molecule has 2 heterocycles. The van der Waals surface area contributed by atoms with Crippen LogP contribution in [0, 0.1) is 5.92 Å². The summed E-state index contributed by atoms with van der Waals surface area (Å²) < 4.78 is 46.7. The molecule has 4 rings (SSSR count). The molecule has 0 amide bonds. The van der Waals surface area contributed by atoms with Gasteiger partial charge in [0.05, 0.1) is 21.9 Å². The van der Waals surface area contributed by atoms with Gasteiger partial charge in [0.1, 0.15) is 10.8 Å². The summed E-state index contributed by atoms with van der Waals surface area (Å²) in [6.45, 7) is 6.89. The van der Waals surface area contributed by atoms with Crippen LogP contribution in [0.5, 0.6) is 5.75 Å². The van der Waals surface area contributed by atoms with Crippen molar-refractivity contribution in [2.45, 2.75) is 46.0 Å². The third kappa shape index (κ3) is 6.36. The van der Waals surface area contributed by atoms with Gasteiger partial charge in [0.25, 0.3) is 0 Å². The van der Waals surface area contributed by atoms with Crippen LogP contribution in [-0.2, 0) is 27.3 Å². The minimum Gasteiger partial charge on any atom is -0.489 e. The molecule has 1 saturated heterocycles. The van der Waals surface area contributed by atoms with Gasteiger partial charge in [-0.1, -0.05) is 36.7 Å². The van der Waals surface area contributed by atoms with Crippen molar-refractivity contribution in [2.75, 3.05) is 13.1 Å². The van der Waals surface area contributed by atoms with Crippen LogP contribution in [0.4, 0.5) is 13.2 Å². The Labute approximate surface area is 227 Å². The molecule has 11 heteroatoms. The van der Waals surface area contributed by atoms with Crippen molar-refractivity contribution in [2.24, 2.45) is 5.92 Å². The van der Waals surface area contributed by atoms with Gasteiger partial charge in [-0.25, -0.2) is 9.78 Å². The number of esters is 2. The Kier molecular flexibility index (Phi) is 8.44. The van der Waals surface area contributed by atoms with Gasteiger partial charge in [-0.15, -0.1) is 11.3 Å². The Morgan fingerprint density at radius 3 is 2.58 bits per heavy atom. The Morgan fingerprint density at radius 2 is 1.95 bits per heavy atom. The molecule has 0 aliphatic carbocycles. The molecule has 0 spiro atoms. The van der Waals surface area contributed by atoms with E-state index in [1.165, 1.54) is 0 Å². The molecule has 202 valence electrons.